The van der Waals surface area contributed by atoms with Crippen molar-refractivity contribution in [2.75, 3.05) is 24.2 Å². The summed E-state index contributed by atoms with van der Waals surface area (Å²) in [5.41, 5.74) is 6.47. The fourth-order valence-corrected chi connectivity index (χ4v) is 2.24. The molecule has 0 unspecified atom stereocenters. The van der Waals surface area contributed by atoms with Crippen molar-refractivity contribution in [3.05, 3.63) is 17.9 Å². The number of nitrogens with zero attached hydrogens (tertiary/aromatic N) is 1. The Bertz CT molecular complexity index is 450. The highest BCUT2D eigenvalue weighted by Gasteiger charge is 2.21. The molecule has 19 heavy (non-hydrogen) atoms. The number of halogens is 3. The van der Waals surface area contributed by atoms with E-state index in [2.05, 4.69) is 4.74 Å². The summed E-state index contributed by atoms with van der Waals surface area (Å²) in [7, 11) is 1.81. The average molecular weight is 274 g/mol. The van der Waals surface area contributed by atoms with Gasteiger partial charge in [0.15, 0.2) is 11.6 Å². The Morgan fingerprint density at radius 2 is 2.11 bits per heavy atom. The summed E-state index contributed by atoms with van der Waals surface area (Å²) in [5.74, 6) is -0.757. The molecular weight excluding hydrogens is 257 g/mol. The lowest BCUT2D eigenvalue weighted by molar-refractivity contribution is -0.0521. The summed E-state index contributed by atoms with van der Waals surface area (Å²) in [6.07, 6.45) is 3.54. The zero-order chi connectivity index (χ0) is 14.0. The molecule has 106 valence electrons. The van der Waals surface area contributed by atoms with E-state index in [-0.39, 0.29) is 5.69 Å². The van der Waals surface area contributed by atoms with E-state index in [4.69, 9.17) is 5.73 Å². The van der Waals surface area contributed by atoms with Crippen molar-refractivity contribution < 1.29 is 17.9 Å². The van der Waals surface area contributed by atoms with Gasteiger partial charge in [-0.05, 0) is 18.8 Å². The third-order valence-electron chi connectivity index (χ3n) is 3.47. The largest absolute Gasteiger partial charge is 0.432 e. The van der Waals surface area contributed by atoms with Gasteiger partial charge in [-0.15, -0.1) is 0 Å². The van der Waals surface area contributed by atoms with Gasteiger partial charge in [-0.2, -0.15) is 8.78 Å². The van der Waals surface area contributed by atoms with Gasteiger partial charge in [-0.25, -0.2) is 4.39 Å². The van der Waals surface area contributed by atoms with E-state index in [0.29, 0.717) is 11.6 Å². The summed E-state index contributed by atoms with van der Waals surface area (Å²) >= 11 is 0. The van der Waals surface area contributed by atoms with Crippen LogP contribution in [0.15, 0.2) is 12.1 Å². The highest BCUT2D eigenvalue weighted by atomic mass is 19.3. The minimum atomic E-state index is -3.05. The number of hydrogen-bond donors (Lipinski definition) is 1. The van der Waals surface area contributed by atoms with Crippen LogP contribution in [-0.2, 0) is 0 Å². The Labute approximate surface area is 110 Å². The van der Waals surface area contributed by atoms with Crippen molar-refractivity contribution in [2.45, 2.75) is 25.9 Å². The quantitative estimate of drug-likeness (QED) is 0.838. The normalized spacial score (nSPS) is 15.4. The minimum absolute atomic E-state index is 0.223. The van der Waals surface area contributed by atoms with Crippen LogP contribution in [0, 0.1) is 11.7 Å². The lowest BCUT2D eigenvalue weighted by Gasteiger charge is -2.32. The van der Waals surface area contributed by atoms with Crippen molar-refractivity contribution in [3.63, 3.8) is 0 Å². The Balaban J connectivity index is 2.17. The maximum absolute atomic E-state index is 13.4. The molecule has 1 aromatic rings. The second-order valence-corrected chi connectivity index (χ2v) is 4.90. The third kappa shape index (κ3) is 3.24. The lowest BCUT2D eigenvalue weighted by atomic mass is 9.85. The highest BCUT2D eigenvalue weighted by molar-refractivity contribution is 5.69. The molecule has 0 amide bonds. The standard InChI is InChI=1S/C13H17F3N2O/c1-18(7-8-3-2-4-8)11-6-12(19-13(15)16)9(14)5-10(11)17/h5-6,8,13H,2-4,7,17H2,1H3. The molecule has 0 spiro atoms. The number of anilines is 2. The van der Waals surface area contributed by atoms with Crippen LogP contribution < -0.4 is 15.4 Å². The Hall–Kier alpha value is -1.59. The van der Waals surface area contributed by atoms with Gasteiger partial charge in [0.25, 0.3) is 0 Å². The van der Waals surface area contributed by atoms with Gasteiger partial charge in [-0.3, -0.25) is 0 Å². The zero-order valence-corrected chi connectivity index (χ0v) is 10.7. The molecule has 0 bridgehead atoms. The van der Waals surface area contributed by atoms with E-state index in [0.717, 1.165) is 25.5 Å². The second-order valence-electron chi connectivity index (χ2n) is 4.90. The summed E-state index contributed by atoms with van der Waals surface area (Å²) < 4.78 is 41.9. The maximum Gasteiger partial charge on any atom is 0.387 e. The number of nitrogens with two attached hydrogens (primary N) is 1. The van der Waals surface area contributed by atoms with E-state index in [1.807, 2.05) is 11.9 Å². The predicted octanol–water partition coefficient (Wildman–Crippen LogP) is 3.25. The summed E-state index contributed by atoms with van der Waals surface area (Å²) in [6, 6.07) is 2.25. The van der Waals surface area contributed by atoms with Crippen LogP contribution in [0.1, 0.15) is 19.3 Å². The molecule has 2 N–H and O–H groups in total. The molecule has 1 fully saturated rings. The van der Waals surface area contributed by atoms with Gasteiger partial charge in [0.1, 0.15) is 0 Å². The van der Waals surface area contributed by atoms with Gasteiger partial charge in [0.2, 0.25) is 0 Å². The molecule has 0 atom stereocenters. The third-order valence-corrected chi connectivity index (χ3v) is 3.47. The monoisotopic (exact) mass is 274 g/mol. The number of benzene rings is 1. The number of rotatable bonds is 5. The summed E-state index contributed by atoms with van der Waals surface area (Å²) in [6.45, 7) is -2.27. The molecule has 1 aliphatic rings. The van der Waals surface area contributed by atoms with E-state index < -0.39 is 18.2 Å². The number of alkyl halides is 2. The molecule has 6 heteroatoms. The van der Waals surface area contributed by atoms with E-state index in [1.54, 1.807) is 0 Å². The fourth-order valence-electron chi connectivity index (χ4n) is 2.24. The summed E-state index contributed by atoms with van der Waals surface area (Å²) in [5, 5.41) is 0. The summed E-state index contributed by atoms with van der Waals surface area (Å²) in [4.78, 5) is 1.86. The molecule has 0 heterocycles. The first-order chi connectivity index (χ1) is 8.97. The maximum atomic E-state index is 13.4. The van der Waals surface area contributed by atoms with Gasteiger partial charge in [0.05, 0.1) is 11.4 Å². The minimum Gasteiger partial charge on any atom is -0.432 e. The van der Waals surface area contributed by atoms with Crippen LogP contribution in [-0.4, -0.2) is 20.2 Å². The molecule has 0 aromatic heterocycles. The van der Waals surface area contributed by atoms with Crippen LogP contribution in [0.4, 0.5) is 24.5 Å². The van der Waals surface area contributed by atoms with Crippen molar-refractivity contribution >= 4 is 11.4 Å². The molecule has 0 radical (unpaired) electrons. The first kappa shape index (κ1) is 13.8. The molecule has 1 saturated carbocycles. The average Bonchev–Trinajstić information content (AvgIpc) is 2.26. The Morgan fingerprint density at radius 3 is 2.63 bits per heavy atom. The second kappa shape index (κ2) is 5.59. The Kier molecular flexibility index (Phi) is 4.07. The molecule has 0 aliphatic heterocycles. The van der Waals surface area contributed by atoms with Crippen LogP contribution in [0.2, 0.25) is 0 Å². The molecular formula is C13H17F3N2O. The van der Waals surface area contributed by atoms with E-state index >= 15 is 0 Å². The topological polar surface area (TPSA) is 38.5 Å². The fraction of sp³-hybridized carbons (Fsp3) is 0.538. The smallest absolute Gasteiger partial charge is 0.387 e. The lowest BCUT2D eigenvalue weighted by Crippen LogP contribution is -2.29. The molecule has 2 rings (SSSR count). The zero-order valence-electron chi connectivity index (χ0n) is 10.7. The van der Waals surface area contributed by atoms with Gasteiger partial charge in [-0.1, -0.05) is 6.42 Å². The predicted molar refractivity (Wildman–Crippen MR) is 68.1 cm³/mol. The highest BCUT2D eigenvalue weighted by Crippen LogP contribution is 2.34. The van der Waals surface area contributed by atoms with Crippen LogP contribution >= 0.6 is 0 Å². The van der Waals surface area contributed by atoms with Gasteiger partial charge in [0, 0.05) is 25.7 Å². The van der Waals surface area contributed by atoms with Crippen molar-refractivity contribution in [1.29, 1.82) is 0 Å². The number of ether oxygens (including phenoxy) is 1. The van der Waals surface area contributed by atoms with Crippen molar-refractivity contribution in [1.82, 2.24) is 0 Å². The Morgan fingerprint density at radius 1 is 1.42 bits per heavy atom. The molecule has 0 saturated heterocycles. The van der Waals surface area contributed by atoms with Crippen molar-refractivity contribution in [2.24, 2.45) is 5.92 Å². The molecule has 3 nitrogen and oxygen atoms in total. The first-order valence-electron chi connectivity index (χ1n) is 6.22. The SMILES string of the molecule is CN(CC1CCC1)c1cc(OC(F)F)c(F)cc1N. The number of hydrogen-bond acceptors (Lipinski definition) is 3. The van der Waals surface area contributed by atoms with Crippen LogP contribution in [0.3, 0.4) is 0 Å². The van der Waals surface area contributed by atoms with Crippen LogP contribution in [0.5, 0.6) is 5.75 Å². The van der Waals surface area contributed by atoms with Gasteiger partial charge < -0.3 is 15.4 Å². The first-order valence-corrected chi connectivity index (χ1v) is 6.22. The van der Waals surface area contributed by atoms with E-state index in [1.165, 1.54) is 12.5 Å². The van der Waals surface area contributed by atoms with Crippen LogP contribution in [0.25, 0.3) is 0 Å². The van der Waals surface area contributed by atoms with Crippen molar-refractivity contribution in [3.8, 4) is 5.75 Å². The molecule has 1 aromatic carbocycles. The molecule has 1 aliphatic carbocycles. The van der Waals surface area contributed by atoms with Gasteiger partial charge >= 0.3 is 6.61 Å². The van der Waals surface area contributed by atoms with E-state index in [9.17, 15) is 13.2 Å². The number of nitrogen functional groups attached to an aromatic ring is 1.